The maximum atomic E-state index is 13.4. The molecule has 2 heterocycles. The molecular weight excluding hydrogens is 573 g/mol. The number of ether oxygens (including phenoxy) is 1. The van der Waals surface area contributed by atoms with Crippen molar-refractivity contribution in [3.63, 3.8) is 0 Å². The molecule has 5 rings (SSSR count). The van der Waals surface area contributed by atoms with Gasteiger partial charge in [0, 0.05) is 47.1 Å². The van der Waals surface area contributed by atoms with Crippen LogP contribution in [0.1, 0.15) is 10.6 Å². The van der Waals surface area contributed by atoms with Crippen molar-refractivity contribution in [1.82, 2.24) is 20.3 Å². The number of nitrogens with two attached hydrogens (primary N) is 1. The molecule has 206 valence electrons. The standard InChI is InChI=1S/C28H25ClFN5O3S2/c1-40(36,38-21-6-8-26(23(29)13-21)37-15-18-3-2-4-20(30)11-18)10-9-32-14-27-35-25(16-39-27)19-5-7-24-22(12-19)28(31)34-17-33-24/h2-8,10-13,16-17,32H,9,14-15H2,1H3,(H2,31,33,34). The smallest absolute Gasteiger partial charge is 0.141 e. The highest BCUT2D eigenvalue weighted by atomic mass is 35.5. The summed E-state index contributed by atoms with van der Waals surface area (Å²) in [6.45, 7) is 1.00. The minimum atomic E-state index is -2.76. The Morgan fingerprint density at radius 1 is 1.15 bits per heavy atom. The highest BCUT2D eigenvalue weighted by Gasteiger charge is 2.10. The Kier molecular flexibility index (Phi) is 8.46. The number of nitrogens with one attached hydrogen (secondary N) is 1. The molecule has 0 amide bonds. The van der Waals surface area contributed by atoms with Crippen molar-refractivity contribution < 1.29 is 17.5 Å². The van der Waals surface area contributed by atoms with E-state index in [4.69, 9.17) is 26.3 Å². The zero-order valence-electron chi connectivity index (χ0n) is 21.3. The van der Waals surface area contributed by atoms with Gasteiger partial charge in [-0.15, -0.1) is 11.3 Å². The van der Waals surface area contributed by atoms with Crippen molar-refractivity contribution >= 4 is 54.8 Å². The van der Waals surface area contributed by atoms with Crippen LogP contribution in [0.25, 0.3) is 22.2 Å². The van der Waals surface area contributed by atoms with Crippen LogP contribution in [0.5, 0.6) is 11.5 Å². The number of nitrogen functional groups attached to an aromatic ring is 1. The summed E-state index contributed by atoms with van der Waals surface area (Å²) in [5.41, 5.74) is 9.20. The van der Waals surface area contributed by atoms with Crippen LogP contribution in [0.3, 0.4) is 0 Å². The number of aromatic nitrogens is 3. The maximum Gasteiger partial charge on any atom is 0.141 e. The molecule has 40 heavy (non-hydrogen) atoms. The molecule has 0 fully saturated rings. The molecule has 1 unspecified atom stereocenters. The van der Waals surface area contributed by atoms with Crippen LogP contribution < -0.4 is 20.0 Å². The number of benzene rings is 3. The fourth-order valence-electron chi connectivity index (χ4n) is 3.81. The van der Waals surface area contributed by atoms with Gasteiger partial charge < -0.3 is 20.0 Å². The van der Waals surface area contributed by atoms with Gasteiger partial charge in [0.15, 0.2) is 0 Å². The van der Waals surface area contributed by atoms with Gasteiger partial charge in [-0.1, -0.05) is 29.8 Å². The Labute approximate surface area is 240 Å². The molecule has 12 heteroatoms. The van der Waals surface area contributed by atoms with Crippen molar-refractivity contribution in [3.05, 3.63) is 93.8 Å². The number of nitrogens with zero attached hydrogens (tertiary/aromatic N) is 3. The zero-order chi connectivity index (χ0) is 28.1. The highest BCUT2D eigenvalue weighted by Crippen LogP contribution is 2.30. The molecule has 0 aliphatic rings. The van der Waals surface area contributed by atoms with E-state index in [2.05, 4.69) is 20.3 Å². The average Bonchev–Trinajstić information content (AvgIpc) is 3.40. The van der Waals surface area contributed by atoms with Gasteiger partial charge in [-0.25, -0.2) is 23.6 Å². The van der Waals surface area contributed by atoms with Crippen LogP contribution in [0.15, 0.2) is 72.4 Å². The van der Waals surface area contributed by atoms with E-state index in [-0.39, 0.29) is 12.4 Å². The predicted molar refractivity (Wildman–Crippen MR) is 160 cm³/mol. The summed E-state index contributed by atoms with van der Waals surface area (Å²) in [4.78, 5) is 13.0. The minimum Gasteiger partial charge on any atom is -0.487 e. The molecule has 0 saturated heterocycles. The van der Waals surface area contributed by atoms with Gasteiger partial charge in [-0.05, 0) is 42.0 Å². The number of hydrogen-bond donors (Lipinski definition) is 2. The molecule has 0 saturated carbocycles. The SMILES string of the molecule is CS(=O)(=CCNCc1nc(-c2ccc3ncnc(N)c3c2)cs1)Oc1ccc(OCc2cccc(F)c2)c(Cl)c1. The molecule has 0 aliphatic carbocycles. The fourth-order valence-corrected chi connectivity index (χ4v) is 5.79. The summed E-state index contributed by atoms with van der Waals surface area (Å²) in [6.07, 6.45) is 2.95. The molecule has 2 aromatic heterocycles. The Morgan fingerprint density at radius 3 is 2.85 bits per heavy atom. The lowest BCUT2D eigenvalue weighted by molar-refractivity contribution is 0.305. The van der Waals surface area contributed by atoms with Crippen LogP contribution in [-0.4, -0.2) is 37.3 Å². The first-order valence-electron chi connectivity index (χ1n) is 12.1. The Bertz CT molecular complexity index is 1790. The van der Waals surface area contributed by atoms with E-state index < -0.39 is 9.80 Å². The second kappa shape index (κ2) is 12.2. The summed E-state index contributed by atoms with van der Waals surface area (Å²) in [6, 6.07) is 16.7. The van der Waals surface area contributed by atoms with Crippen molar-refractivity contribution in [2.24, 2.45) is 0 Å². The molecule has 0 spiro atoms. The van der Waals surface area contributed by atoms with Gasteiger partial charge in [-0.2, -0.15) is 0 Å². The predicted octanol–water partition coefficient (Wildman–Crippen LogP) is 5.51. The third-order valence-corrected chi connectivity index (χ3v) is 8.21. The fraction of sp³-hybridized carbons (Fsp3) is 0.143. The second-order valence-electron chi connectivity index (χ2n) is 8.84. The first-order valence-corrected chi connectivity index (χ1v) is 15.3. The average molecular weight is 598 g/mol. The van der Waals surface area contributed by atoms with Crippen molar-refractivity contribution in [2.45, 2.75) is 13.2 Å². The molecule has 3 N–H and O–H groups in total. The second-order valence-corrected chi connectivity index (χ2v) is 12.3. The van der Waals surface area contributed by atoms with Crippen LogP contribution in [0.2, 0.25) is 5.02 Å². The van der Waals surface area contributed by atoms with Crippen LogP contribution in [0.4, 0.5) is 10.2 Å². The molecule has 5 aromatic rings. The van der Waals surface area contributed by atoms with E-state index in [0.29, 0.717) is 41.0 Å². The lowest BCUT2D eigenvalue weighted by Gasteiger charge is -2.12. The largest absolute Gasteiger partial charge is 0.487 e. The third-order valence-electron chi connectivity index (χ3n) is 5.77. The number of anilines is 1. The van der Waals surface area contributed by atoms with Crippen LogP contribution in [-0.2, 0) is 23.0 Å². The first-order chi connectivity index (χ1) is 19.3. The van der Waals surface area contributed by atoms with Crippen LogP contribution >= 0.6 is 22.9 Å². The summed E-state index contributed by atoms with van der Waals surface area (Å²) >= 11 is 7.84. The number of fused-ring (bicyclic) bond motifs is 1. The first kappa shape index (κ1) is 27.8. The number of rotatable bonds is 10. The van der Waals surface area contributed by atoms with E-state index in [1.807, 2.05) is 23.6 Å². The van der Waals surface area contributed by atoms with Crippen molar-refractivity contribution in [1.29, 1.82) is 0 Å². The van der Waals surface area contributed by atoms with E-state index in [1.165, 1.54) is 42.1 Å². The summed E-state index contributed by atoms with van der Waals surface area (Å²) < 4.78 is 37.7. The molecule has 0 bridgehead atoms. The Morgan fingerprint density at radius 2 is 2.02 bits per heavy atom. The van der Waals surface area contributed by atoms with Gasteiger partial charge >= 0.3 is 0 Å². The monoisotopic (exact) mass is 597 g/mol. The van der Waals surface area contributed by atoms with E-state index in [1.54, 1.807) is 29.6 Å². The molecule has 0 aliphatic heterocycles. The topological polar surface area (TPSA) is 112 Å². The van der Waals surface area contributed by atoms with Gasteiger partial charge in [0.1, 0.15) is 50.9 Å². The van der Waals surface area contributed by atoms with E-state index >= 15 is 0 Å². The van der Waals surface area contributed by atoms with Gasteiger partial charge in [0.05, 0.1) is 16.2 Å². The molecule has 3 aromatic carbocycles. The quantitative estimate of drug-likeness (QED) is 0.160. The lowest BCUT2D eigenvalue weighted by atomic mass is 10.1. The van der Waals surface area contributed by atoms with Crippen LogP contribution in [0, 0.1) is 5.82 Å². The highest BCUT2D eigenvalue weighted by molar-refractivity contribution is 7.96. The van der Waals surface area contributed by atoms with E-state index in [0.717, 1.165) is 27.2 Å². The summed E-state index contributed by atoms with van der Waals surface area (Å²) in [5.74, 6) is 0.851. The molecular formula is C28H25ClFN5O3S2. The Balaban J connectivity index is 1.14. The van der Waals surface area contributed by atoms with Gasteiger partial charge in [0.2, 0.25) is 0 Å². The molecule has 8 nitrogen and oxygen atoms in total. The van der Waals surface area contributed by atoms with Crippen molar-refractivity contribution in [3.8, 4) is 22.8 Å². The number of thiazole rings is 1. The normalized spacial score (nSPS) is 12.7. The summed E-state index contributed by atoms with van der Waals surface area (Å²) in [7, 11) is -2.76. The third kappa shape index (κ3) is 7.05. The Hall–Kier alpha value is -3.77. The van der Waals surface area contributed by atoms with Crippen molar-refractivity contribution in [2.75, 3.05) is 18.5 Å². The molecule has 0 radical (unpaired) electrons. The zero-order valence-corrected chi connectivity index (χ0v) is 23.7. The number of halogens is 2. The summed E-state index contributed by atoms with van der Waals surface area (Å²) in [5, 5.41) is 8.74. The van der Waals surface area contributed by atoms with Gasteiger partial charge in [0.25, 0.3) is 0 Å². The maximum absolute atomic E-state index is 13.4. The number of hydrogen-bond acceptors (Lipinski definition) is 9. The minimum absolute atomic E-state index is 0.161. The molecule has 1 atom stereocenters. The lowest BCUT2D eigenvalue weighted by Crippen LogP contribution is -2.21. The van der Waals surface area contributed by atoms with E-state index in [9.17, 15) is 8.60 Å². The van der Waals surface area contributed by atoms with Gasteiger partial charge in [-0.3, -0.25) is 0 Å².